The molecule has 13 heavy (non-hydrogen) atoms. The quantitative estimate of drug-likeness (QED) is 0.560. The van der Waals surface area contributed by atoms with Crippen LogP contribution in [0.15, 0.2) is 0 Å². The van der Waals surface area contributed by atoms with Crippen molar-refractivity contribution in [1.82, 2.24) is 0 Å². The van der Waals surface area contributed by atoms with Gasteiger partial charge in [0.2, 0.25) is 0 Å². The summed E-state index contributed by atoms with van der Waals surface area (Å²) in [6, 6.07) is 0. The van der Waals surface area contributed by atoms with Crippen LogP contribution in [-0.4, -0.2) is 5.78 Å². The topological polar surface area (TPSA) is 17.1 Å². The van der Waals surface area contributed by atoms with Crippen LogP contribution in [0.4, 0.5) is 0 Å². The van der Waals surface area contributed by atoms with Gasteiger partial charge in [0, 0.05) is 12.3 Å². The summed E-state index contributed by atoms with van der Waals surface area (Å²) < 4.78 is 0. The Hall–Kier alpha value is -0.330. The van der Waals surface area contributed by atoms with E-state index in [1.165, 1.54) is 12.8 Å². The van der Waals surface area contributed by atoms with Gasteiger partial charge in [0.15, 0.2) is 0 Å². The molecular weight excluding hydrogens is 160 g/mol. The smallest absolute Gasteiger partial charge is 0.136 e. The first kappa shape index (κ1) is 9.23. The average Bonchev–Trinajstić information content (AvgIpc) is 2.27. The van der Waals surface area contributed by atoms with E-state index in [0.717, 1.165) is 12.8 Å². The molecule has 0 spiro atoms. The van der Waals surface area contributed by atoms with Crippen LogP contribution in [0.2, 0.25) is 0 Å². The van der Waals surface area contributed by atoms with E-state index in [-0.39, 0.29) is 0 Å². The van der Waals surface area contributed by atoms with Crippen molar-refractivity contribution < 1.29 is 4.79 Å². The fraction of sp³-hybridized carbons (Fsp3) is 0.917. The maximum absolute atomic E-state index is 11.7. The van der Waals surface area contributed by atoms with Crippen LogP contribution in [-0.2, 0) is 4.79 Å². The molecule has 0 N–H and O–H groups in total. The van der Waals surface area contributed by atoms with E-state index in [4.69, 9.17) is 0 Å². The van der Waals surface area contributed by atoms with Gasteiger partial charge in [0.05, 0.1) is 0 Å². The molecule has 1 nitrogen and oxygen atoms in total. The molecule has 0 bridgehead atoms. The zero-order valence-electron chi connectivity index (χ0n) is 8.97. The molecule has 74 valence electrons. The van der Waals surface area contributed by atoms with Crippen LogP contribution >= 0.6 is 0 Å². The van der Waals surface area contributed by atoms with E-state index in [9.17, 15) is 4.79 Å². The summed E-state index contributed by atoms with van der Waals surface area (Å²) in [6.45, 7) is 6.95. The SMILES string of the molecule is C[C@@H]1CC(=O)[C@@H]2CCCC(C)(C)[C@@H]12. The summed E-state index contributed by atoms with van der Waals surface area (Å²) in [4.78, 5) is 11.7. The molecule has 2 fully saturated rings. The zero-order valence-corrected chi connectivity index (χ0v) is 8.97. The summed E-state index contributed by atoms with van der Waals surface area (Å²) in [5.41, 5.74) is 0.411. The molecule has 2 aliphatic rings. The van der Waals surface area contributed by atoms with Crippen LogP contribution < -0.4 is 0 Å². The Labute approximate surface area is 80.9 Å². The highest BCUT2D eigenvalue weighted by atomic mass is 16.1. The van der Waals surface area contributed by atoms with Gasteiger partial charge in [-0.15, -0.1) is 0 Å². The molecule has 2 saturated carbocycles. The van der Waals surface area contributed by atoms with Gasteiger partial charge in [0.1, 0.15) is 5.78 Å². The maximum Gasteiger partial charge on any atom is 0.136 e. The fourth-order valence-electron chi connectivity index (χ4n) is 3.79. The molecule has 2 aliphatic carbocycles. The van der Waals surface area contributed by atoms with Gasteiger partial charge in [0.25, 0.3) is 0 Å². The number of fused-ring (bicyclic) bond motifs is 1. The Kier molecular flexibility index (Phi) is 2.01. The highest BCUT2D eigenvalue weighted by Gasteiger charge is 2.49. The second kappa shape index (κ2) is 2.83. The van der Waals surface area contributed by atoms with E-state index in [1.807, 2.05) is 0 Å². The lowest BCUT2D eigenvalue weighted by molar-refractivity contribution is -0.123. The third kappa shape index (κ3) is 1.33. The second-order valence-corrected chi connectivity index (χ2v) is 5.66. The molecule has 0 aliphatic heterocycles. The lowest BCUT2D eigenvalue weighted by Gasteiger charge is -2.42. The van der Waals surface area contributed by atoms with E-state index in [1.54, 1.807) is 0 Å². The average molecular weight is 180 g/mol. The molecule has 0 aromatic carbocycles. The zero-order chi connectivity index (χ0) is 9.64. The van der Waals surface area contributed by atoms with Crippen molar-refractivity contribution in [2.24, 2.45) is 23.2 Å². The Balaban J connectivity index is 2.27. The molecule has 0 radical (unpaired) electrons. The number of ketones is 1. The number of Topliss-reactive ketones (excluding diaryl/α,β-unsaturated/α-hetero) is 1. The lowest BCUT2D eigenvalue weighted by atomic mass is 9.63. The largest absolute Gasteiger partial charge is 0.299 e. The Morgan fingerprint density at radius 2 is 2.08 bits per heavy atom. The molecule has 0 heterocycles. The number of carbonyl (C=O) groups excluding carboxylic acids is 1. The van der Waals surface area contributed by atoms with Crippen molar-refractivity contribution in [3.8, 4) is 0 Å². The van der Waals surface area contributed by atoms with Gasteiger partial charge in [-0.2, -0.15) is 0 Å². The normalized spacial score (nSPS) is 43.3. The van der Waals surface area contributed by atoms with E-state index >= 15 is 0 Å². The van der Waals surface area contributed by atoms with Crippen molar-refractivity contribution in [3.63, 3.8) is 0 Å². The first-order valence-electron chi connectivity index (χ1n) is 5.55. The monoisotopic (exact) mass is 180 g/mol. The van der Waals surface area contributed by atoms with Crippen LogP contribution in [0.5, 0.6) is 0 Å². The minimum absolute atomic E-state index is 0.411. The Morgan fingerprint density at radius 1 is 1.38 bits per heavy atom. The molecule has 3 atom stereocenters. The Morgan fingerprint density at radius 3 is 2.69 bits per heavy atom. The van der Waals surface area contributed by atoms with Crippen LogP contribution in [0.1, 0.15) is 46.5 Å². The number of hydrogen-bond donors (Lipinski definition) is 0. The fourth-order valence-corrected chi connectivity index (χ4v) is 3.79. The summed E-state index contributed by atoms with van der Waals surface area (Å²) in [6.07, 6.45) is 4.58. The van der Waals surface area contributed by atoms with Gasteiger partial charge >= 0.3 is 0 Å². The molecule has 0 aromatic heterocycles. The number of hydrogen-bond acceptors (Lipinski definition) is 1. The number of carbonyl (C=O) groups is 1. The van der Waals surface area contributed by atoms with Gasteiger partial charge in [-0.3, -0.25) is 4.79 Å². The minimum atomic E-state index is 0.411. The standard InChI is InChI=1S/C12H20O/c1-8-7-10(13)9-5-4-6-12(2,3)11(8)9/h8-9,11H,4-7H2,1-3H3/t8-,9+,11+/m1/s1. The predicted molar refractivity (Wildman–Crippen MR) is 53.4 cm³/mol. The highest BCUT2D eigenvalue weighted by Crippen LogP contribution is 2.52. The third-order valence-electron chi connectivity index (χ3n) is 4.22. The van der Waals surface area contributed by atoms with Crippen molar-refractivity contribution in [1.29, 1.82) is 0 Å². The van der Waals surface area contributed by atoms with Gasteiger partial charge in [-0.25, -0.2) is 0 Å². The van der Waals surface area contributed by atoms with Gasteiger partial charge in [-0.1, -0.05) is 27.2 Å². The second-order valence-electron chi connectivity index (χ2n) is 5.66. The van der Waals surface area contributed by atoms with Crippen molar-refractivity contribution >= 4 is 5.78 Å². The molecule has 0 saturated heterocycles. The summed E-state index contributed by atoms with van der Waals surface area (Å²) in [5.74, 6) is 2.27. The molecule has 0 aromatic rings. The van der Waals surface area contributed by atoms with Crippen LogP contribution in [0.25, 0.3) is 0 Å². The maximum atomic E-state index is 11.7. The first-order chi connectivity index (χ1) is 6.02. The Bertz CT molecular complexity index is 229. The minimum Gasteiger partial charge on any atom is -0.299 e. The molecule has 0 amide bonds. The summed E-state index contributed by atoms with van der Waals surface area (Å²) in [7, 11) is 0. The third-order valence-corrected chi connectivity index (χ3v) is 4.22. The van der Waals surface area contributed by atoms with E-state index in [2.05, 4.69) is 20.8 Å². The van der Waals surface area contributed by atoms with Crippen molar-refractivity contribution in [2.45, 2.75) is 46.5 Å². The lowest BCUT2D eigenvalue weighted by Crippen LogP contribution is -2.36. The van der Waals surface area contributed by atoms with E-state index < -0.39 is 0 Å². The predicted octanol–water partition coefficient (Wildman–Crippen LogP) is 3.04. The van der Waals surface area contributed by atoms with E-state index in [0.29, 0.717) is 29.0 Å². The molecule has 1 heteroatoms. The number of rotatable bonds is 0. The summed E-state index contributed by atoms with van der Waals surface area (Å²) in [5, 5.41) is 0. The van der Waals surface area contributed by atoms with Gasteiger partial charge < -0.3 is 0 Å². The highest BCUT2D eigenvalue weighted by molar-refractivity contribution is 5.84. The molecule has 2 rings (SSSR count). The van der Waals surface area contributed by atoms with Crippen LogP contribution in [0, 0.1) is 23.2 Å². The van der Waals surface area contributed by atoms with Crippen molar-refractivity contribution in [3.05, 3.63) is 0 Å². The first-order valence-corrected chi connectivity index (χ1v) is 5.55. The molecule has 0 unspecified atom stereocenters. The van der Waals surface area contributed by atoms with Crippen LogP contribution in [0.3, 0.4) is 0 Å². The van der Waals surface area contributed by atoms with Gasteiger partial charge in [-0.05, 0) is 30.1 Å². The van der Waals surface area contributed by atoms with Crippen molar-refractivity contribution in [2.75, 3.05) is 0 Å². The summed E-state index contributed by atoms with van der Waals surface area (Å²) >= 11 is 0. The molecular formula is C12H20O.